The summed E-state index contributed by atoms with van der Waals surface area (Å²) in [6.45, 7) is 7.39. The van der Waals surface area contributed by atoms with E-state index in [2.05, 4.69) is 42.5 Å². The quantitative estimate of drug-likeness (QED) is 0.639. The molecule has 2 nitrogen and oxygen atoms in total. The fourth-order valence-electron chi connectivity index (χ4n) is 1.39. The Morgan fingerprint density at radius 2 is 1.82 bits per heavy atom. The van der Waals surface area contributed by atoms with Gasteiger partial charge in [0, 0.05) is 12.1 Å². The van der Waals surface area contributed by atoms with Gasteiger partial charge in [-0.1, -0.05) is 25.6 Å². The van der Waals surface area contributed by atoms with Crippen molar-refractivity contribution >= 4 is 8.07 Å². The number of hydrogen-bond acceptors (Lipinski definition) is 2. The van der Waals surface area contributed by atoms with E-state index in [0.717, 1.165) is 17.7 Å². The second kappa shape index (κ2) is 5.68. The summed E-state index contributed by atoms with van der Waals surface area (Å²) in [5.41, 5.74) is 6.04. The summed E-state index contributed by atoms with van der Waals surface area (Å²) < 4.78 is 0. The number of rotatable bonds is 2. The fourth-order valence-corrected chi connectivity index (χ4v) is 1.91. The molecule has 3 heteroatoms. The van der Waals surface area contributed by atoms with E-state index >= 15 is 0 Å². The molecule has 0 aliphatic heterocycles. The molecule has 17 heavy (non-hydrogen) atoms. The van der Waals surface area contributed by atoms with Crippen molar-refractivity contribution in [2.45, 2.75) is 26.2 Å². The standard InChI is InChI=1S/C14H18N2Si/c1-16-11-14-8-12(5-6-17(2,3)4)7-13(9-14)10-15/h7-9,16H,11H2,1-4H3. The molecular formula is C14H18N2Si. The minimum atomic E-state index is -1.36. The van der Waals surface area contributed by atoms with Gasteiger partial charge in [0.05, 0.1) is 11.6 Å². The zero-order valence-corrected chi connectivity index (χ0v) is 11.9. The van der Waals surface area contributed by atoms with Crippen LogP contribution in [0.3, 0.4) is 0 Å². The van der Waals surface area contributed by atoms with Gasteiger partial charge >= 0.3 is 0 Å². The molecule has 0 aromatic heterocycles. The van der Waals surface area contributed by atoms with Crippen molar-refractivity contribution in [3.63, 3.8) is 0 Å². The van der Waals surface area contributed by atoms with Crippen molar-refractivity contribution in [3.05, 3.63) is 34.9 Å². The molecule has 0 bridgehead atoms. The molecule has 0 saturated heterocycles. The van der Waals surface area contributed by atoms with Crippen molar-refractivity contribution in [2.24, 2.45) is 0 Å². The summed E-state index contributed by atoms with van der Waals surface area (Å²) in [6, 6.07) is 7.98. The zero-order chi connectivity index (χ0) is 12.9. The van der Waals surface area contributed by atoms with E-state index in [1.54, 1.807) is 0 Å². The average Bonchev–Trinajstić information content (AvgIpc) is 2.25. The van der Waals surface area contributed by atoms with Gasteiger partial charge < -0.3 is 5.32 Å². The highest BCUT2D eigenvalue weighted by molar-refractivity contribution is 6.83. The lowest BCUT2D eigenvalue weighted by Gasteiger charge is -2.05. The first-order chi connectivity index (χ1) is 7.94. The molecule has 0 unspecified atom stereocenters. The van der Waals surface area contributed by atoms with E-state index in [1.807, 2.05) is 25.2 Å². The summed E-state index contributed by atoms with van der Waals surface area (Å²) in [7, 11) is 0.532. The van der Waals surface area contributed by atoms with Crippen LogP contribution < -0.4 is 5.32 Å². The zero-order valence-electron chi connectivity index (χ0n) is 10.9. The third-order valence-electron chi connectivity index (χ3n) is 2.08. The van der Waals surface area contributed by atoms with E-state index in [-0.39, 0.29) is 0 Å². The third-order valence-corrected chi connectivity index (χ3v) is 2.96. The first kappa shape index (κ1) is 13.5. The third kappa shape index (κ3) is 4.87. The molecule has 0 saturated carbocycles. The molecule has 1 N–H and O–H groups in total. The highest BCUT2D eigenvalue weighted by Gasteiger charge is 2.07. The van der Waals surface area contributed by atoms with Gasteiger partial charge in [-0.25, -0.2) is 0 Å². The van der Waals surface area contributed by atoms with Gasteiger partial charge in [-0.05, 0) is 30.8 Å². The van der Waals surface area contributed by atoms with Crippen LogP contribution in [0.1, 0.15) is 16.7 Å². The van der Waals surface area contributed by atoms with Crippen LogP contribution in [-0.4, -0.2) is 15.1 Å². The fraction of sp³-hybridized carbons (Fsp3) is 0.357. The second-order valence-electron chi connectivity index (χ2n) is 5.06. The molecule has 1 rings (SSSR count). The summed E-state index contributed by atoms with van der Waals surface area (Å²) in [5.74, 6) is 3.19. The molecule has 0 aliphatic rings. The van der Waals surface area contributed by atoms with Crippen LogP contribution in [0, 0.1) is 22.8 Å². The van der Waals surface area contributed by atoms with Gasteiger partial charge in [0.1, 0.15) is 8.07 Å². The maximum absolute atomic E-state index is 8.97. The molecule has 1 aromatic rings. The van der Waals surface area contributed by atoms with Gasteiger partial charge in [0.15, 0.2) is 0 Å². The van der Waals surface area contributed by atoms with Crippen LogP contribution in [0.5, 0.6) is 0 Å². The molecule has 0 heterocycles. The Morgan fingerprint density at radius 3 is 2.35 bits per heavy atom. The van der Waals surface area contributed by atoms with Crippen molar-refractivity contribution in [2.75, 3.05) is 7.05 Å². The number of nitriles is 1. The van der Waals surface area contributed by atoms with Crippen molar-refractivity contribution in [1.29, 1.82) is 5.26 Å². The minimum absolute atomic E-state index is 0.678. The van der Waals surface area contributed by atoms with Crippen LogP contribution in [-0.2, 0) is 6.54 Å². The summed E-state index contributed by atoms with van der Waals surface area (Å²) in [6.07, 6.45) is 0. The van der Waals surface area contributed by atoms with Gasteiger partial charge in [0.2, 0.25) is 0 Å². The molecule has 0 spiro atoms. The number of hydrogen-bond donors (Lipinski definition) is 1. The maximum atomic E-state index is 8.97. The molecule has 0 atom stereocenters. The highest BCUT2D eigenvalue weighted by atomic mass is 28.3. The van der Waals surface area contributed by atoms with Gasteiger partial charge in [0.25, 0.3) is 0 Å². The molecule has 1 aromatic carbocycles. The SMILES string of the molecule is CNCc1cc(C#N)cc(C#C[Si](C)(C)C)c1. The Kier molecular flexibility index (Phi) is 4.51. The lowest BCUT2D eigenvalue weighted by Crippen LogP contribution is -2.16. The minimum Gasteiger partial charge on any atom is -0.316 e. The predicted molar refractivity (Wildman–Crippen MR) is 74.1 cm³/mol. The topological polar surface area (TPSA) is 35.8 Å². The number of nitrogens with one attached hydrogen (secondary N) is 1. The van der Waals surface area contributed by atoms with Crippen molar-refractivity contribution in [1.82, 2.24) is 5.32 Å². The summed E-state index contributed by atoms with van der Waals surface area (Å²) >= 11 is 0. The van der Waals surface area contributed by atoms with E-state index in [0.29, 0.717) is 5.56 Å². The Hall–Kier alpha value is -1.55. The normalized spacial score (nSPS) is 10.3. The van der Waals surface area contributed by atoms with E-state index < -0.39 is 8.07 Å². The van der Waals surface area contributed by atoms with Crippen LogP contribution >= 0.6 is 0 Å². The van der Waals surface area contributed by atoms with Crippen LogP contribution in [0.2, 0.25) is 19.6 Å². The smallest absolute Gasteiger partial charge is 0.129 e. The predicted octanol–water partition coefficient (Wildman–Crippen LogP) is 2.51. The Balaban J connectivity index is 3.11. The van der Waals surface area contributed by atoms with Crippen LogP contribution in [0.15, 0.2) is 18.2 Å². The summed E-state index contributed by atoms with van der Waals surface area (Å²) in [4.78, 5) is 0. The highest BCUT2D eigenvalue weighted by Crippen LogP contribution is 2.09. The van der Waals surface area contributed by atoms with E-state index in [4.69, 9.17) is 5.26 Å². The maximum Gasteiger partial charge on any atom is 0.129 e. The van der Waals surface area contributed by atoms with Crippen LogP contribution in [0.25, 0.3) is 0 Å². The first-order valence-corrected chi connectivity index (χ1v) is 9.16. The molecule has 0 aliphatic carbocycles. The molecule has 0 amide bonds. The van der Waals surface area contributed by atoms with E-state index in [9.17, 15) is 0 Å². The molecule has 0 radical (unpaired) electrons. The Labute approximate surface area is 105 Å². The summed E-state index contributed by atoms with van der Waals surface area (Å²) in [5, 5.41) is 12.1. The molecule has 0 fully saturated rings. The van der Waals surface area contributed by atoms with Crippen LogP contribution in [0.4, 0.5) is 0 Å². The lowest BCUT2D eigenvalue weighted by atomic mass is 10.1. The van der Waals surface area contributed by atoms with Gasteiger partial charge in [-0.2, -0.15) is 5.26 Å². The Bertz CT molecular complexity index is 496. The monoisotopic (exact) mass is 242 g/mol. The number of nitrogens with zero attached hydrogens (tertiary/aromatic N) is 1. The van der Waals surface area contributed by atoms with Gasteiger partial charge in [-0.3, -0.25) is 0 Å². The van der Waals surface area contributed by atoms with Crippen molar-refractivity contribution < 1.29 is 0 Å². The Morgan fingerprint density at radius 1 is 1.18 bits per heavy atom. The van der Waals surface area contributed by atoms with Crippen molar-refractivity contribution in [3.8, 4) is 17.5 Å². The van der Waals surface area contributed by atoms with E-state index in [1.165, 1.54) is 0 Å². The number of benzene rings is 1. The average molecular weight is 242 g/mol. The largest absolute Gasteiger partial charge is 0.316 e. The molecule has 88 valence electrons. The lowest BCUT2D eigenvalue weighted by molar-refractivity contribution is 0.817. The second-order valence-corrected chi connectivity index (χ2v) is 9.81. The first-order valence-electron chi connectivity index (χ1n) is 5.66. The van der Waals surface area contributed by atoms with Gasteiger partial charge in [-0.15, -0.1) is 5.54 Å². The molecular weight excluding hydrogens is 224 g/mol.